The summed E-state index contributed by atoms with van der Waals surface area (Å²) >= 11 is 0. The van der Waals surface area contributed by atoms with Gasteiger partial charge in [0.15, 0.2) is 0 Å². The zero-order valence-electron chi connectivity index (χ0n) is 15.7. The molecule has 144 valence electrons. The average Bonchev–Trinajstić information content (AvgIpc) is 3.10. The van der Waals surface area contributed by atoms with Gasteiger partial charge in [-0.15, -0.1) is 0 Å². The maximum atomic E-state index is 12.3. The second-order valence-electron chi connectivity index (χ2n) is 7.17. The van der Waals surface area contributed by atoms with Gasteiger partial charge < -0.3 is 14.8 Å². The van der Waals surface area contributed by atoms with E-state index >= 15 is 0 Å². The Kier molecular flexibility index (Phi) is 7.43. The van der Waals surface area contributed by atoms with Crippen molar-refractivity contribution in [2.45, 2.75) is 25.5 Å². The Morgan fingerprint density at radius 1 is 1.23 bits per heavy atom. The van der Waals surface area contributed by atoms with Crippen molar-refractivity contribution in [3.05, 3.63) is 35.9 Å². The van der Waals surface area contributed by atoms with Crippen LogP contribution < -0.4 is 5.32 Å². The van der Waals surface area contributed by atoms with Crippen molar-refractivity contribution in [2.24, 2.45) is 0 Å². The Morgan fingerprint density at radius 3 is 2.77 bits per heavy atom. The number of carbonyl (C=O) groups is 1. The number of benzene rings is 1. The van der Waals surface area contributed by atoms with Gasteiger partial charge in [0.2, 0.25) is 5.91 Å². The fraction of sp³-hybridized carbons (Fsp3) is 0.650. The minimum Gasteiger partial charge on any atom is -0.379 e. The lowest BCUT2D eigenvalue weighted by atomic mass is 10.1. The van der Waals surface area contributed by atoms with Gasteiger partial charge in [0.25, 0.3) is 0 Å². The molecule has 1 aromatic rings. The minimum atomic E-state index is 0.0341. The first kappa shape index (κ1) is 19.3. The summed E-state index contributed by atoms with van der Waals surface area (Å²) in [7, 11) is 0. The molecule has 0 aliphatic carbocycles. The monoisotopic (exact) mass is 361 g/mol. The first-order chi connectivity index (χ1) is 12.7. The molecule has 6 nitrogen and oxygen atoms in total. The van der Waals surface area contributed by atoms with Crippen molar-refractivity contribution in [3.8, 4) is 0 Å². The minimum absolute atomic E-state index is 0.0341. The van der Waals surface area contributed by atoms with Crippen LogP contribution in [0.5, 0.6) is 0 Å². The standard InChI is InChI=1S/C20H31N3O3/c1-17(18-5-3-2-4-6-18)21-20(24)16-23-8-7-19(15-23)26-14-11-22-9-12-25-13-10-22/h2-6,17,19H,7-16H2,1H3,(H,21,24)/t17-,19+/m0/s1. The molecule has 0 spiro atoms. The molecule has 1 amide bonds. The molecule has 2 aliphatic heterocycles. The van der Waals surface area contributed by atoms with E-state index in [-0.39, 0.29) is 18.1 Å². The summed E-state index contributed by atoms with van der Waals surface area (Å²) in [6.07, 6.45) is 1.25. The van der Waals surface area contributed by atoms with Crippen LogP contribution >= 0.6 is 0 Å². The van der Waals surface area contributed by atoms with Crippen LogP contribution in [0.1, 0.15) is 24.9 Å². The Balaban J connectivity index is 1.31. The lowest BCUT2D eigenvalue weighted by molar-refractivity contribution is -0.122. The van der Waals surface area contributed by atoms with Crippen LogP contribution in [-0.4, -0.2) is 80.9 Å². The molecule has 0 aromatic heterocycles. The third-order valence-electron chi connectivity index (χ3n) is 5.14. The molecule has 0 radical (unpaired) electrons. The number of hydrogen-bond acceptors (Lipinski definition) is 5. The summed E-state index contributed by atoms with van der Waals surface area (Å²) in [5.74, 6) is 0.0790. The van der Waals surface area contributed by atoms with Gasteiger partial charge in [0, 0.05) is 32.7 Å². The number of carbonyl (C=O) groups excluding carboxylic acids is 1. The van der Waals surface area contributed by atoms with Crippen LogP contribution in [0.25, 0.3) is 0 Å². The van der Waals surface area contributed by atoms with Gasteiger partial charge in [-0.25, -0.2) is 0 Å². The molecule has 2 aliphatic rings. The van der Waals surface area contributed by atoms with Crippen LogP contribution in [0.4, 0.5) is 0 Å². The van der Waals surface area contributed by atoms with Crippen molar-refractivity contribution in [1.29, 1.82) is 0 Å². The molecule has 2 heterocycles. The topological polar surface area (TPSA) is 54.0 Å². The molecule has 2 atom stereocenters. The van der Waals surface area contributed by atoms with Gasteiger partial charge in [-0.1, -0.05) is 30.3 Å². The number of amides is 1. The van der Waals surface area contributed by atoms with Crippen molar-refractivity contribution in [1.82, 2.24) is 15.1 Å². The van der Waals surface area contributed by atoms with E-state index in [2.05, 4.69) is 15.1 Å². The molecular formula is C20H31N3O3. The Hall–Kier alpha value is -1.47. The van der Waals surface area contributed by atoms with Crippen LogP contribution in [0.2, 0.25) is 0 Å². The molecular weight excluding hydrogens is 330 g/mol. The number of morpholine rings is 1. The highest BCUT2D eigenvalue weighted by atomic mass is 16.5. The van der Waals surface area contributed by atoms with Gasteiger partial charge in [0.05, 0.1) is 38.5 Å². The fourth-order valence-corrected chi connectivity index (χ4v) is 3.57. The summed E-state index contributed by atoms with van der Waals surface area (Å²) in [5.41, 5.74) is 1.13. The third-order valence-corrected chi connectivity index (χ3v) is 5.14. The molecule has 0 saturated carbocycles. The number of nitrogens with one attached hydrogen (secondary N) is 1. The predicted molar refractivity (Wildman–Crippen MR) is 101 cm³/mol. The van der Waals surface area contributed by atoms with Gasteiger partial charge in [-0.2, -0.15) is 0 Å². The molecule has 1 N–H and O–H groups in total. The molecule has 2 saturated heterocycles. The van der Waals surface area contributed by atoms with E-state index < -0.39 is 0 Å². The Morgan fingerprint density at radius 2 is 2.00 bits per heavy atom. The van der Waals surface area contributed by atoms with E-state index in [0.29, 0.717) is 6.54 Å². The largest absolute Gasteiger partial charge is 0.379 e. The number of nitrogens with zero attached hydrogens (tertiary/aromatic N) is 2. The second kappa shape index (κ2) is 10.0. The lowest BCUT2D eigenvalue weighted by Crippen LogP contribution is -2.39. The van der Waals surface area contributed by atoms with Gasteiger partial charge >= 0.3 is 0 Å². The zero-order chi connectivity index (χ0) is 18.2. The molecule has 1 aromatic carbocycles. The zero-order valence-corrected chi connectivity index (χ0v) is 15.7. The highest BCUT2D eigenvalue weighted by molar-refractivity contribution is 5.78. The van der Waals surface area contributed by atoms with Crippen LogP contribution in [0.3, 0.4) is 0 Å². The SMILES string of the molecule is C[C@H](NC(=O)CN1CC[C@@H](OCCN2CCOCC2)C1)c1ccccc1. The number of likely N-dealkylation sites (tertiary alicyclic amines) is 1. The normalized spacial score (nSPS) is 23.0. The van der Waals surface area contributed by atoms with Crippen molar-refractivity contribution < 1.29 is 14.3 Å². The molecule has 2 fully saturated rings. The first-order valence-corrected chi connectivity index (χ1v) is 9.69. The number of rotatable bonds is 8. The van der Waals surface area contributed by atoms with E-state index in [1.54, 1.807) is 0 Å². The highest BCUT2D eigenvalue weighted by Crippen LogP contribution is 2.14. The lowest BCUT2D eigenvalue weighted by Gasteiger charge is -2.26. The summed E-state index contributed by atoms with van der Waals surface area (Å²) in [6, 6.07) is 10.1. The fourth-order valence-electron chi connectivity index (χ4n) is 3.57. The highest BCUT2D eigenvalue weighted by Gasteiger charge is 2.25. The van der Waals surface area contributed by atoms with Crippen LogP contribution in [0, 0.1) is 0 Å². The van der Waals surface area contributed by atoms with E-state index in [0.717, 1.165) is 64.5 Å². The molecule has 0 bridgehead atoms. The summed E-state index contributed by atoms with van der Waals surface area (Å²) in [5, 5.41) is 3.08. The molecule has 6 heteroatoms. The van der Waals surface area contributed by atoms with Crippen LogP contribution in [0.15, 0.2) is 30.3 Å². The number of ether oxygens (including phenoxy) is 2. The van der Waals surface area contributed by atoms with E-state index in [4.69, 9.17) is 9.47 Å². The average molecular weight is 361 g/mol. The predicted octanol–water partition coefficient (Wildman–Crippen LogP) is 1.29. The van der Waals surface area contributed by atoms with Crippen LogP contribution in [-0.2, 0) is 14.3 Å². The first-order valence-electron chi connectivity index (χ1n) is 9.69. The van der Waals surface area contributed by atoms with Gasteiger partial charge in [-0.3, -0.25) is 14.6 Å². The molecule has 3 rings (SSSR count). The maximum Gasteiger partial charge on any atom is 0.234 e. The Labute approximate surface area is 156 Å². The smallest absolute Gasteiger partial charge is 0.234 e. The molecule has 26 heavy (non-hydrogen) atoms. The van der Waals surface area contributed by atoms with E-state index in [1.165, 1.54) is 0 Å². The number of hydrogen-bond donors (Lipinski definition) is 1. The van der Waals surface area contributed by atoms with Gasteiger partial charge in [0.1, 0.15) is 0 Å². The summed E-state index contributed by atoms with van der Waals surface area (Å²) in [4.78, 5) is 16.9. The van der Waals surface area contributed by atoms with Crippen molar-refractivity contribution in [3.63, 3.8) is 0 Å². The molecule has 0 unspecified atom stereocenters. The Bertz CT molecular complexity index is 548. The van der Waals surface area contributed by atoms with Crippen molar-refractivity contribution >= 4 is 5.91 Å². The van der Waals surface area contributed by atoms with Gasteiger partial charge in [-0.05, 0) is 18.9 Å². The van der Waals surface area contributed by atoms with Crippen molar-refractivity contribution in [2.75, 3.05) is 59.1 Å². The summed E-state index contributed by atoms with van der Waals surface area (Å²) in [6.45, 7) is 9.62. The maximum absolute atomic E-state index is 12.3. The van der Waals surface area contributed by atoms with E-state index in [9.17, 15) is 4.79 Å². The second-order valence-corrected chi connectivity index (χ2v) is 7.17. The van der Waals surface area contributed by atoms with E-state index in [1.807, 2.05) is 37.3 Å². The summed E-state index contributed by atoms with van der Waals surface area (Å²) < 4.78 is 11.4. The quantitative estimate of drug-likeness (QED) is 0.756. The third kappa shape index (κ3) is 6.06.